The van der Waals surface area contributed by atoms with E-state index in [2.05, 4.69) is 11.4 Å². The lowest BCUT2D eigenvalue weighted by molar-refractivity contribution is 0.100. The molecule has 18 heavy (non-hydrogen) atoms. The second-order valence-electron chi connectivity index (χ2n) is 4.97. The Hall–Kier alpha value is -2.02. The number of hydrogen-bond donors (Lipinski definition) is 2. The Kier molecular flexibility index (Phi) is 4.73. The van der Waals surface area contributed by atoms with Gasteiger partial charge in [-0.05, 0) is 44.9 Å². The Morgan fingerprint density at radius 2 is 2.22 bits per heavy atom. The Bertz CT molecular complexity index is 460. The van der Waals surface area contributed by atoms with E-state index in [1.807, 2.05) is 19.9 Å². The van der Waals surface area contributed by atoms with E-state index in [0.29, 0.717) is 5.56 Å². The molecule has 4 nitrogen and oxygen atoms in total. The van der Waals surface area contributed by atoms with Crippen LogP contribution < -0.4 is 11.1 Å². The second-order valence-corrected chi connectivity index (χ2v) is 4.97. The molecule has 0 aromatic heterocycles. The number of nitrogens with one attached hydrogen (secondary N) is 1. The summed E-state index contributed by atoms with van der Waals surface area (Å²) in [6, 6.07) is 9.38. The van der Waals surface area contributed by atoms with Gasteiger partial charge in [0.05, 0.1) is 11.5 Å². The predicted molar refractivity (Wildman–Crippen MR) is 72.1 cm³/mol. The third kappa shape index (κ3) is 4.46. The molecule has 1 aromatic rings. The van der Waals surface area contributed by atoms with Crippen molar-refractivity contribution in [2.24, 2.45) is 11.1 Å². The highest BCUT2D eigenvalue weighted by Gasteiger charge is 2.15. The lowest BCUT2D eigenvalue weighted by Crippen LogP contribution is -2.13. The first-order valence-corrected chi connectivity index (χ1v) is 5.99. The molecule has 1 rings (SSSR count). The second kappa shape index (κ2) is 6.06. The molecule has 0 fully saturated rings. The molecule has 4 heteroatoms. The summed E-state index contributed by atoms with van der Waals surface area (Å²) < 4.78 is 0. The van der Waals surface area contributed by atoms with Crippen molar-refractivity contribution in [3.8, 4) is 6.07 Å². The number of carbonyl (C=O) groups is 1. The number of nitriles is 1. The monoisotopic (exact) mass is 245 g/mol. The minimum absolute atomic E-state index is 0.281. The van der Waals surface area contributed by atoms with Crippen molar-refractivity contribution in [3.05, 3.63) is 29.8 Å². The SMILES string of the molecule is CC(C)(C#N)CCCNc1cccc(C(N)=O)c1. The average molecular weight is 245 g/mol. The van der Waals surface area contributed by atoms with Gasteiger partial charge in [-0.1, -0.05) is 6.07 Å². The highest BCUT2D eigenvalue weighted by atomic mass is 16.1. The van der Waals surface area contributed by atoms with Gasteiger partial charge in [0, 0.05) is 17.8 Å². The van der Waals surface area contributed by atoms with E-state index in [0.717, 1.165) is 25.1 Å². The molecular formula is C14H19N3O. The van der Waals surface area contributed by atoms with Crippen LogP contribution in [-0.4, -0.2) is 12.5 Å². The lowest BCUT2D eigenvalue weighted by Gasteiger charge is -2.15. The summed E-state index contributed by atoms with van der Waals surface area (Å²) >= 11 is 0. The molecule has 0 aliphatic heterocycles. The fraction of sp³-hybridized carbons (Fsp3) is 0.429. The summed E-state index contributed by atoms with van der Waals surface area (Å²) in [6.07, 6.45) is 1.74. The van der Waals surface area contributed by atoms with Gasteiger partial charge in [-0.15, -0.1) is 0 Å². The summed E-state index contributed by atoms with van der Waals surface area (Å²) in [6.45, 7) is 4.63. The predicted octanol–water partition coefficient (Wildman–Crippen LogP) is 2.53. The van der Waals surface area contributed by atoms with Gasteiger partial charge >= 0.3 is 0 Å². The zero-order chi connectivity index (χ0) is 13.6. The third-order valence-electron chi connectivity index (χ3n) is 2.76. The molecular weight excluding hydrogens is 226 g/mol. The number of anilines is 1. The van der Waals surface area contributed by atoms with Crippen molar-refractivity contribution in [2.75, 3.05) is 11.9 Å². The van der Waals surface area contributed by atoms with Crippen LogP contribution in [0.4, 0.5) is 5.69 Å². The molecule has 0 radical (unpaired) electrons. The number of nitrogens with two attached hydrogens (primary N) is 1. The minimum Gasteiger partial charge on any atom is -0.385 e. The number of rotatable bonds is 6. The number of carbonyl (C=O) groups excluding carboxylic acids is 1. The van der Waals surface area contributed by atoms with E-state index in [9.17, 15) is 4.79 Å². The maximum atomic E-state index is 11.0. The summed E-state index contributed by atoms with van der Waals surface area (Å²) in [5.74, 6) is -0.427. The molecule has 96 valence electrons. The van der Waals surface area contributed by atoms with Crippen LogP contribution in [0.25, 0.3) is 0 Å². The molecule has 0 spiro atoms. The topological polar surface area (TPSA) is 78.9 Å². The first-order chi connectivity index (χ1) is 8.44. The molecule has 0 unspecified atom stereocenters. The summed E-state index contributed by atoms with van der Waals surface area (Å²) in [5.41, 5.74) is 6.30. The highest BCUT2D eigenvalue weighted by molar-refractivity contribution is 5.93. The van der Waals surface area contributed by atoms with E-state index in [-0.39, 0.29) is 5.41 Å². The summed E-state index contributed by atoms with van der Waals surface area (Å²) in [7, 11) is 0. The van der Waals surface area contributed by atoms with Crippen LogP contribution in [0.1, 0.15) is 37.0 Å². The fourth-order valence-corrected chi connectivity index (χ4v) is 1.60. The Morgan fingerprint density at radius 1 is 1.50 bits per heavy atom. The van der Waals surface area contributed by atoms with Gasteiger partial charge in [-0.2, -0.15) is 5.26 Å². The van der Waals surface area contributed by atoms with Crippen LogP contribution in [0.5, 0.6) is 0 Å². The van der Waals surface area contributed by atoms with Gasteiger partial charge in [0.2, 0.25) is 5.91 Å². The van der Waals surface area contributed by atoms with Crippen LogP contribution in [0.3, 0.4) is 0 Å². The largest absolute Gasteiger partial charge is 0.385 e. The van der Waals surface area contributed by atoms with Crippen LogP contribution in [-0.2, 0) is 0 Å². The van der Waals surface area contributed by atoms with E-state index < -0.39 is 5.91 Å². The fourth-order valence-electron chi connectivity index (χ4n) is 1.60. The molecule has 1 aromatic carbocycles. The van der Waals surface area contributed by atoms with Crippen molar-refractivity contribution in [1.82, 2.24) is 0 Å². The van der Waals surface area contributed by atoms with Crippen LogP contribution >= 0.6 is 0 Å². The standard InChI is InChI=1S/C14H19N3O/c1-14(2,10-15)7-4-8-17-12-6-3-5-11(9-12)13(16)18/h3,5-6,9,17H,4,7-8H2,1-2H3,(H2,16,18). The van der Waals surface area contributed by atoms with E-state index >= 15 is 0 Å². The van der Waals surface area contributed by atoms with Gasteiger partial charge in [0.1, 0.15) is 0 Å². The third-order valence-corrected chi connectivity index (χ3v) is 2.76. The lowest BCUT2D eigenvalue weighted by atomic mass is 9.90. The maximum Gasteiger partial charge on any atom is 0.248 e. The Labute approximate surface area is 108 Å². The van der Waals surface area contributed by atoms with Gasteiger partial charge in [0.25, 0.3) is 0 Å². The van der Waals surface area contributed by atoms with Crippen LogP contribution in [0.15, 0.2) is 24.3 Å². The number of amides is 1. The van der Waals surface area contributed by atoms with E-state index in [1.54, 1.807) is 18.2 Å². The zero-order valence-electron chi connectivity index (χ0n) is 10.9. The molecule has 0 saturated carbocycles. The van der Waals surface area contributed by atoms with Gasteiger partial charge in [0.15, 0.2) is 0 Å². The quantitative estimate of drug-likeness (QED) is 0.756. The van der Waals surface area contributed by atoms with Gasteiger partial charge in [-0.25, -0.2) is 0 Å². The summed E-state index contributed by atoms with van der Waals surface area (Å²) in [4.78, 5) is 11.0. The van der Waals surface area contributed by atoms with Crippen LogP contribution in [0, 0.1) is 16.7 Å². The number of hydrogen-bond acceptors (Lipinski definition) is 3. The molecule has 0 heterocycles. The van der Waals surface area contributed by atoms with Crippen molar-refractivity contribution in [1.29, 1.82) is 5.26 Å². The number of benzene rings is 1. The molecule has 0 bridgehead atoms. The van der Waals surface area contributed by atoms with Crippen molar-refractivity contribution in [3.63, 3.8) is 0 Å². The molecule has 0 saturated heterocycles. The highest BCUT2D eigenvalue weighted by Crippen LogP contribution is 2.20. The molecule has 1 amide bonds. The van der Waals surface area contributed by atoms with E-state index in [1.165, 1.54) is 0 Å². The first-order valence-electron chi connectivity index (χ1n) is 5.99. The maximum absolute atomic E-state index is 11.0. The molecule has 0 atom stereocenters. The number of nitrogens with zero attached hydrogens (tertiary/aromatic N) is 1. The number of primary amides is 1. The van der Waals surface area contributed by atoms with E-state index in [4.69, 9.17) is 11.0 Å². The van der Waals surface area contributed by atoms with Crippen molar-refractivity contribution in [2.45, 2.75) is 26.7 Å². The smallest absolute Gasteiger partial charge is 0.248 e. The summed E-state index contributed by atoms with van der Waals surface area (Å²) in [5, 5.41) is 12.1. The van der Waals surface area contributed by atoms with Gasteiger partial charge in [-0.3, -0.25) is 4.79 Å². The minimum atomic E-state index is -0.427. The zero-order valence-corrected chi connectivity index (χ0v) is 10.9. The van der Waals surface area contributed by atoms with Crippen LogP contribution in [0.2, 0.25) is 0 Å². The van der Waals surface area contributed by atoms with Crippen molar-refractivity contribution < 1.29 is 4.79 Å². The Morgan fingerprint density at radius 3 is 2.83 bits per heavy atom. The first kappa shape index (κ1) is 14.0. The van der Waals surface area contributed by atoms with Crippen molar-refractivity contribution >= 4 is 11.6 Å². The normalized spacial score (nSPS) is 10.7. The molecule has 3 N–H and O–H groups in total. The molecule has 0 aliphatic rings. The Balaban J connectivity index is 2.43. The average Bonchev–Trinajstić information content (AvgIpc) is 2.35. The molecule has 0 aliphatic carbocycles. The van der Waals surface area contributed by atoms with Gasteiger partial charge < -0.3 is 11.1 Å².